The molecule has 3 aromatic carbocycles. The highest BCUT2D eigenvalue weighted by Gasteiger charge is 2.48. The molecule has 1 N–H and O–H groups in total. The zero-order valence-corrected chi connectivity index (χ0v) is 19.8. The van der Waals surface area contributed by atoms with E-state index in [4.69, 9.17) is 9.47 Å². The number of aliphatic hydroxyl groups excluding tert-OH is 1. The van der Waals surface area contributed by atoms with Crippen LogP contribution in [0, 0.1) is 12.7 Å². The van der Waals surface area contributed by atoms with Gasteiger partial charge in [-0.25, -0.2) is 9.37 Å². The number of amides is 1. The summed E-state index contributed by atoms with van der Waals surface area (Å²) in [5.41, 5.74) is 2.16. The molecule has 2 aliphatic rings. The van der Waals surface area contributed by atoms with Crippen molar-refractivity contribution in [2.75, 3.05) is 18.1 Å². The fourth-order valence-electron chi connectivity index (χ4n) is 4.49. The first-order chi connectivity index (χ1) is 17.4. The average molecular weight is 503 g/mol. The Labute approximate surface area is 209 Å². The van der Waals surface area contributed by atoms with Crippen molar-refractivity contribution < 1.29 is 28.6 Å². The maximum Gasteiger partial charge on any atom is 0.301 e. The number of hydrogen-bond donors (Lipinski definition) is 1. The third-order valence-corrected chi connectivity index (χ3v) is 7.18. The quantitative estimate of drug-likeness (QED) is 0.237. The van der Waals surface area contributed by atoms with Crippen LogP contribution < -0.4 is 14.4 Å². The normalized spacial score (nSPS) is 18.7. The molecule has 0 saturated carbocycles. The van der Waals surface area contributed by atoms with Crippen LogP contribution in [0.1, 0.15) is 22.7 Å². The van der Waals surface area contributed by atoms with Gasteiger partial charge in [0.25, 0.3) is 5.78 Å². The van der Waals surface area contributed by atoms with E-state index in [0.717, 1.165) is 10.3 Å². The first-order valence-corrected chi connectivity index (χ1v) is 12.1. The fourth-order valence-corrected chi connectivity index (χ4v) is 5.58. The van der Waals surface area contributed by atoms with Crippen LogP contribution in [-0.2, 0) is 9.59 Å². The molecule has 3 heterocycles. The lowest BCUT2D eigenvalue weighted by molar-refractivity contribution is -0.132. The van der Waals surface area contributed by atoms with E-state index in [9.17, 15) is 19.1 Å². The van der Waals surface area contributed by atoms with Crippen LogP contribution in [0.2, 0.25) is 0 Å². The molecule has 0 bridgehead atoms. The minimum absolute atomic E-state index is 0.155. The van der Waals surface area contributed by atoms with E-state index in [1.54, 1.807) is 24.3 Å². The SMILES string of the molecule is Cc1ccc2nc(N3C(=O)C(=O)/C(=C(/O)c4ccc5c(c4)OCCO5)C3c3cccc(F)c3)sc2c1. The molecule has 180 valence electrons. The van der Waals surface area contributed by atoms with Crippen molar-refractivity contribution in [1.29, 1.82) is 0 Å². The number of ketones is 1. The van der Waals surface area contributed by atoms with E-state index in [1.165, 1.54) is 34.4 Å². The predicted molar refractivity (Wildman–Crippen MR) is 133 cm³/mol. The maximum absolute atomic E-state index is 14.3. The van der Waals surface area contributed by atoms with Crippen LogP contribution in [0.5, 0.6) is 11.5 Å². The smallest absolute Gasteiger partial charge is 0.301 e. The Kier molecular flexibility index (Phi) is 5.22. The number of thiazole rings is 1. The van der Waals surface area contributed by atoms with E-state index in [2.05, 4.69) is 4.98 Å². The largest absolute Gasteiger partial charge is 0.507 e. The van der Waals surface area contributed by atoms with E-state index in [0.29, 0.717) is 35.8 Å². The molecule has 1 amide bonds. The molecule has 1 fully saturated rings. The molecular formula is C27H19FN2O5S. The van der Waals surface area contributed by atoms with Gasteiger partial charge in [0.05, 0.1) is 21.8 Å². The Balaban J connectivity index is 1.54. The molecule has 0 spiro atoms. The lowest BCUT2D eigenvalue weighted by Crippen LogP contribution is -2.29. The molecule has 7 nitrogen and oxygen atoms in total. The summed E-state index contributed by atoms with van der Waals surface area (Å²) >= 11 is 1.25. The third kappa shape index (κ3) is 3.59. The summed E-state index contributed by atoms with van der Waals surface area (Å²) in [7, 11) is 0. The van der Waals surface area contributed by atoms with Crippen molar-refractivity contribution in [2.45, 2.75) is 13.0 Å². The highest BCUT2D eigenvalue weighted by Crippen LogP contribution is 2.45. The molecule has 0 radical (unpaired) electrons. The zero-order valence-electron chi connectivity index (χ0n) is 19.0. The van der Waals surface area contributed by atoms with E-state index < -0.39 is 23.5 Å². The topological polar surface area (TPSA) is 89.0 Å². The highest BCUT2D eigenvalue weighted by atomic mass is 32.1. The van der Waals surface area contributed by atoms with Gasteiger partial charge >= 0.3 is 5.91 Å². The minimum Gasteiger partial charge on any atom is -0.507 e. The van der Waals surface area contributed by atoms with Gasteiger partial charge in [-0.05, 0) is 60.5 Å². The number of ether oxygens (including phenoxy) is 2. The Morgan fingerprint density at radius 3 is 2.67 bits per heavy atom. The number of rotatable bonds is 3. The number of nitrogens with zero attached hydrogens (tertiary/aromatic N) is 2. The Hall–Kier alpha value is -4.24. The summed E-state index contributed by atoms with van der Waals surface area (Å²) in [6.07, 6.45) is 0. The second kappa shape index (κ2) is 8.46. The third-order valence-electron chi connectivity index (χ3n) is 6.16. The number of aromatic nitrogens is 1. The first kappa shape index (κ1) is 22.2. The van der Waals surface area contributed by atoms with Gasteiger partial charge in [-0.1, -0.05) is 29.5 Å². The summed E-state index contributed by atoms with van der Waals surface area (Å²) < 4.78 is 26.3. The van der Waals surface area contributed by atoms with Gasteiger partial charge in [-0.3, -0.25) is 14.5 Å². The van der Waals surface area contributed by atoms with E-state index >= 15 is 0 Å². The van der Waals surface area contributed by atoms with Gasteiger partial charge in [-0.2, -0.15) is 0 Å². The summed E-state index contributed by atoms with van der Waals surface area (Å²) in [4.78, 5) is 32.5. The fraction of sp³-hybridized carbons (Fsp3) is 0.148. The van der Waals surface area contributed by atoms with Crippen LogP contribution in [0.15, 0.2) is 66.2 Å². The van der Waals surface area contributed by atoms with Crippen molar-refractivity contribution in [3.05, 3.63) is 88.7 Å². The van der Waals surface area contributed by atoms with Crippen molar-refractivity contribution in [2.24, 2.45) is 0 Å². The number of carbonyl (C=O) groups is 2. The second-order valence-corrected chi connectivity index (χ2v) is 9.56. The average Bonchev–Trinajstić information content (AvgIpc) is 3.41. The molecular weight excluding hydrogens is 483 g/mol. The lowest BCUT2D eigenvalue weighted by atomic mass is 9.95. The number of benzene rings is 3. The van der Waals surface area contributed by atoms with E-state index in [1.807, 2.05) is 25.1 Å². The zero-order chi connectivity index (χ0) is 25.0. The molecule has 6 rings (SSSR count). The van der Waals surface area contributed by atoms with Gasteiger partial charge in [0.1, 0.15) is 24.8 Å². The van der Waals surface area contributed by atoms with Crippen molar-refractivity contribution >= 4 is 44.1 Å². The maximum atomic E-state index is 14.3. The molecule has 1 atom stereocenters. The number of aryl methyl sites for hydroxylation is 1. The van der Waals surface area contributed by atoms with Gasteiger partial charge < -0.3 is 14.6 Å². The Bertz CT molecular complexity index is 1590. The van der Waals surface area contributed by atoms with E-state index in [-0.39, 0.29) is 22.0 Å². The summed E-state index contributed by atoms with van der Waals surface area (Å²) in [5.74, 6) is -1.71. The molecule has 1 aromatic heterocycles. The van der Waals surface area contributed by atoms with Crippen LogP contribution in [0.25, 0.3) is 16.0 Å². The van der Waals surface area contributed by atoms with Crippen LogP contribution in [-0.4, -0.2) is 35.0 Å². The lowest BCUT2D eigenvalue weighted by Gasteiger charge is -2.23. The molecule has 36 heavy (non-hydrogen) atoms. The van der Waals surface area contributed by atoms with Crippen molar-refractivity contribution in [1.82, 2.24) is 4.98 Å². The molecule has 2 aliphatic heterocycles. The second-order valence-electron chi connectivity index (χ2n) is 8.55. The van der Waals surface area contributed by atoms with Crippen molar-refractivity contribution in [3.63, 3.8) is 0 Å². The van der Waals surface area contributed by atoms with Gasteiger partial charge in [0.2, 0.25) is 0 Å². The minimum atomic E-state index is -1.07. The highest BCUT2D eigenvalue weighted by molar-refractivity contribution is 7.22. The number of anilines is 1. The first-order valence-electron chi connectivity index (χ1n) is 11.2. The number of carbonyl (C=O) groups excluding carboxylic acids is 2. The summed E-state index contributed by atoms with van der Waals surface area (Å²) in [5, 5.41) is 11.6. The van der Waals surface area contributed by atoms with Gasteiger partial charge in [-0.15, -0.1) is 0 Å². The van der Waals surface area contributed by atoms with Crippen LogP contribution >= 0.6 is 11.3 Å². The van der Waals surface area contributed by atoms with Gasteiger partial charge in [0.15, 0.2) is 16.6 Å². The molecule has 9 heteroatoms. The summed E-state index contributed by atoms with van der Waals surface area (Å²) in [6, 6.07) is 15.0. The van der Waals surface area contributed by atoms with Gasteiger partial charge in [0, 0.05) is 5.56 Å². The number of Topliss-reactive ketones (excluding diaryl/α,β-unsaturated/α-hetero) is 1. The van der Waals surface area contributed by atoms with Crippen LogP contribution in [0.3, 0.4) is 0 Å². The predicted octanol–water partition coefficient (Wildman–Crippen LogP) is 5.14. The molecule has 1 saturated heterocycles. The number of hydrogen-bond acceptors (Lipinski definition) is 7. The summed E-state index contributed by atoms with van der Waals surface area (Å²) in [6.45, 7) is 2.71. The number of halogens is 1. The van der Waals surface area contributed by atoms with Crippen molar-refractivity contribution in [3.8, 4) is 11.5 Å². The molecule has 4 aromatic rings. The number of aliphatic hydroxyl groups is 1. The molecule has 1 unspecified atom stereocenters. The molecule has 0 aliphatic carbocycles. The Morgan fingerprint density at radius 1 is 1.06 bits per heavy atom. The standard InChI is InChI=1S/C27H19FN2O5S/c1-14-5-7-18-21(11-14)36-27(29-18)30-23(15-3-2-4-17(28)12-15)22(25(32)26(30)33)24(31)16-6-8-19-20(13-16)35-10-9-34-19/h2-8,11-13,23,31H,9-10H2,1H3/b24-22+. The van der Waals surface area contributed by atoms with Crippen LogP contribution in [0.4, 0.5) is 9.52 Å². The number of fused-ring (bicyclic) bond motifs is 2. The monoisotopic (exact) mass is 502 g/mol. The Morgan fingerprint density at radius 2 is 1.86 bits per heavy atom.